The molecule has 0 unspecified atom stereocenters. The van der Waals surface area contributed by atoms with E-state index in [0.29, 0.717) is 103 Å². The Morgan fingerprint density at radius 3 is 1.15 bits per heavy atom. The molecule has 19 rings (SSSR count). The number of carboxylic acid groups (broad SMARTS) is 1. The number of hydrogen-bond donors (Lipinski definition) is 3. The molecule has 3 fully saturated rings. The first-order chi connectivity index (χ1) is 67.6. The number of H-pyrrole nitrogens is 1. The van der Waals surface area contributed by atoms with E-state index < -0.39 is 24.9 Å². The fourth-order valence-electron chi connectivity index (χ4n) is 17.0. The summed E-state index contributed by atoms with van der Waals surface area (Å²) in [5.41, 5.74) is 11.9. The Hall–Kier alpha value is -11.7. The molecule has 3 saturated heterocycles. The maximum atomic E-state index is 13.5. The number of hydrogen-bond acceptors (Lipinski definition) is 29. The summed E-state index contributed by atoms with van der Waals surface area (Å²) in [6.45, 7) is 13.6. The molecular formula is C100H105Ag2BrF6LiN12O22. The number of likely N-dealkylation sites (tertiary alicyclic amines) is 3. The van der Waals surface area contributed by atoms with E-state index in [-0.39, 0.29) is 152 Å². The van der Waals surface area contributed by atoms with E-state index in [0.717, 1.165) is 158 Å². The minimum absolute atomic E-state index is 0. The van der Waals surface area contributed by atoms with Gasteiger partial charge in [-0.3, -0.25) is 19.5 Å². The van der Waals surface area contributed by atoms with Crippen molar-refractivity contribution in [3.05, 3.63) is 278 Å². The van der Waals surface area contributed by atoms with Crippen molar-refractivity contribution in [3.8, 4) is 46.3 Å². The summed E-state index contributed by atoms with van der Waals surface area (Å²) in [6, 6.07) is 56.9. The topological polar surface area (TPSA) is 390 Å². The number of aromatic nitrogens is 9. The molecule has 4 N–H and O–H groups in total. The molecule has 144 heavy (non-hydrogen) atoms. The van der Waals surface area contributed by atoms with Gasteiger partial charge in [-0.15, -0.1) is 26.3 Å². The quantitative estimate of drug-likeness (QED) is 0.00573. The smallest absolute Gasteiger partial charge is 0.870 e. The Morgan fingerprint density at radius 2 is 0.812 bits per heavy atom. The second-order valence-corrected chi connectivity index (χ2v) is 33.7. The predicted octanol–water partition coefficient (Wildman–Crippen LogP) is 14.0. The van der Waals surface area contributed by atoms with Gasteiger partial charge in [-0.2, -0.15) is 0 Å². The number of benzene rings is 7. The summed E-state index contributed by atoms with van der Waals surface area (Å²) in [5.74, 6) is 2.86. The molecule has 6 aromatic heterocycles. The second kappa shape index (κ2) is 53.9. The summed E-state index contributed by atoms with van der Waals surface area (Å²) in [7, 11) is 7.73. The van der Waals surface area contributed by atoms with Crippen LogP contribution in [0.4, 0.5) is 26.3 Å². The molecule has 0 spiro atoms. The van der Waals surface area contributed by atoms with Crippen LogP contribution in [0.2, 0.25) is 0 Å². The number of alkyl halides is 7. The van der Waals surface area contributed by atoms with Crippen LogP contribution in [-0.4, -0.2) is 212 Å². The van der Waals surface area contributed by atoms with Gasteiger partial charge in [0.25, 0.3) is 0 Å². The van der Waals surface area contributed by atoms with Crippen molar-refractivity contribution >= 4 is 73.4 Å². The fourth-order valence-corrected chi connectivity index (χ4v) is 17.4. The Morgan fingerprint density at radius 1 is 0.465 bits per heavy atom. The number of carbonyl (C=O) groups is 3. The third-order valence-corrected chi connectivity index (χ3v) is 24.6. The van der Waals surface area contributed by atoms with Crippen LogP contribution in [0.3, 0.4) is 0 Å². The largest absolute Gasteiger partial charge is 1.00 e. The number of methoxy groups -OCH3 is 5. The van der Waals surface area contributed by atoms with Crippen molar-refractivity contribution in [2.45, 2.75) is 140 Å². The molecule has 769 valence electrons. The van der Waals surface area contributed by atoms with Crippen LogP contribution in [0.15, 0.2) is 199 Å². The number of halogens is 7. The number of nitrogens with zero attached hydrogens (tertiary/aromatic N) is 11. The number of aromatic carboxylic acids is 1. The zero-order valence-electron chi connectivity index (χ0n) is 79.4. The zero-order valence-corrected chi connectivity index (χ0v) is 84.0. The number of aryl methyl sites for hydroxylation is 1. The Labute approximate surface area is 875 Å². The Bertz CT molecular complexity index is 6500. The molecule has 6 aliphatic rings. The van der Waals surface area contributed by atoms with Crippen LogP contribution in [0.1, 0.15) is 144 Å². The van der Waals surface area contributed by atoms with E-state index in [9.17, 15) is 50.6 Å². The fraction of sp³-hybridized carbons (Fsp3) is 0.360. The Balaban J connectivity index is 0.000000197. The van der Waals surface area contributed by atoms with E-state index in [1.165, 1.54) is 38.0 Å². The van der Waals surface area contributed by atoms with Crippen molar-refractivity contribution in [3.63, 3.8) is 0 Å². The number of rotatable bonds is 29. The molecule has 13 aromatic rings. The number of piperidine rings is 3. The summed E-state index contributed by atoms with van der Waals surface area (Å²) in [4.78, 5) is 92.5. The number of fused-ring (bicyclic) bond motifs is 6. The molecule has 0 saturated carbocycles. The van der Waals surface area contributed by atoms with Gasteiger partial charge in [-0.25, -0.2) is 44.6 Å². The monoisotopic (exact) mass is 2240 g/mol. The minimum atomic E-state index is -3.69. The Kier molecular flexibility index (Phi) is 42.8. The second-order valence-electron chi connectivity index (χ2n) is 33.1. The average Bonchev–Trinajstić information content (AvgIpc) is 1.68. The zero-order chi connectivity index (χ0) is 99.0. The number of imidazole rings is 3. The molecule has 34 nitrogen and oxygen atoms in total. The average molecular weight is 2240 g/mol. The van der Waals surface area contributed by atoms with Gasteiger partial charge in [0.1, 0.15) is 30.7 Å². The number of ether oxygens (including phenoxy) is 13. The van der Waals surface area contributed by atoms with E-state index >= 15 is 0 Å². The van der Waals surface area contributed by atoms with Gasteiger partial charge in [-0.1, -0.05) is 106 Å². The van der Waals surface area contributed by atoms with Crippen molar-refractivity contribution in [2.24, 2.45) is 0 Å². The van der Waals surface area contributed by atoms with Crippen LogP contribution in [0.5, 0.6) is 46.3 Å². The van der Waals surface area contributed by atoms with Crippen LogP contribution in [0, 0.1) is 6.92 Å². The predicted molar refractivity (Wildman–Crippen MR) is 504 cm³/mol. The normalized spacial score (nSPS) is 15.2. The molecular weight excluding hydrogens is 2140 g/mol. The number of carboxylic acids is 1. The maximum Gasteiger partial charge on any atom is 1.00 e. The third-order valence-electron chi connectivity index (χ3n) is 23.9. The van der Waals surface area contributed by atoms with Gasteiger partial charge in [0.2, 0.25) is 17.3 Å². The number of esters is 2. The van der Waals surface area contributed by atoms with Gasteiger partial charge in [0.15, 0.2) is 34.5 Å². The molecule has 12 heterocycles. The molecule has 0 aliphatic carbocycles. The van der Waals surface area contributed by atoms with E-state index in [4.69, 9.17) is 68.1 Å². The van der Waals surface area contributed by atoms with Crippen molar-refractivity contribution < 1.29 is 191 Å². The third kappa shape index (κ3) is 30.3. The molecule has 0 atom stereocenters. The number of carbonyl (C=O) groups excluding carboxylic acids is 3. The molecule has 1 radical (unpaired) electrons. The number of aromatic amines is 1. The van der Waals surface area contributed by atoms with Crippen molar-refractivity contribution in [1.82, 2.24) is 58.3 Å². The van der Waals surface area contributed by atoms with Crippen molar-refractivity contribution in [2.75, 3.05) is 94.6 Å². The summed E-state index contributed by atoms with van der Waals surface area (Å²) in [6.07, 6.45) is -5.31. The summed E-state index contributed by atoms with van der Waals surface area (Å²) in [5, 5.41) is 16.8. The van der Waals surface area contributed by atoms with Crippen LogP contribution >= 0.6 is 15.9 Å². The van der Waals surface area contributed by atoms with Crippen LogP contribution < -0.4 is 62.3 Å². The van der Waals surface area contributed by atoms with E-state index in [1.54, 1.807) is 106 Å². The van der Waals surface area contributed by atoms with Gasteiger partial charge < -0.3 is 101 Å². The molecule has 0 bridgehead atoms. The SMILES string of the molecule is COCCn1c(CN2CCC(c3cccc(=O)[nH]3)CC2)nc2ccc(C(=O)OC)cc21.COCCn1c(CN2CCC(c3cccc(OCc4cccc5c4OC(F)(F)O5)n3)CC2)nc2ccc(C(=O)O)cc21.COCCn1c(CN2CCC(c3cccc(OCc4cccc5c4OC(F)(F)O5)n3)CC2)nc2ccc(C(=O)OC)cc21.Cc1ccccc1.FC1(F)Oc2cccc(CBr)c2O1.O=[C-]OO.[Ag+].[Ag].[Li+].[OH-]. The first-order valence-electron chi connectivity index (χ1n) is 44.9. The minimum Gasteiger partial charge on any atom is -0.870 e. The first-order valence-corrected chi connectivity index (χ1v) is 46.1. The van der Waals surface area contributed by atoms with Gasteiger partial charge in [-0.05, 0) is 182 Å². The summed E-state index contributed by atoms with van der Waals surface area (Å²) >= 11 is 3.17. The first kappa shape index (κ1) is 114. The van der Waals surface area contributed by atoms with Crippen LogP contribution in [0.25, 0.3) is 33.1 Å². The number of nitrogens with one attached hydrogen (secondary N) is 1. The van der Waals surface area contributed by atoms with E-state index in [1.807, 2.05) is 83.4 Å². The van der Waals surface area contributed by atoms with Gasteiger partial charge >= 0.3 is 78.0 Å². The molecule has 7 aromatic carbocycles. The molecule has 44 heteroatoms. The van der Waals surface area contributed by atoms with Crippen molar-refractivity contribution in [1.29, 1.82) is 0 Å². The standard InChI is InChI=1S/C31H32F2N4O6.C30H30F2N4O6.C23H28N4O4.C8H5BrF2O2.C7H8.CHO3.2Ag.Li.H2O/c1-39-16-15-37-25-17-21(30(38)40-2)9-10-24(25)34-27(37)18-36-13-11-20(12-14-36)23-6-4-8-28(35-23)41-19-22-5-3-7-26-29(22)43-31(32,33)42-26;1-39-15-14-36-24-16-20(29(37)38)8-9-23(24)33-26(36)17-35-12-10-19(11-13-35)22-5-3-7-27(34-22)40-18-21-4-2-6-25-28(21)42-30(31,32)41-25;1-30-13-12-27-20-14-17(23(29)31-2)6-7-19(20)24-21(27)15-26-10-8-16(9-11-26)18-4-3-5-22(28)25-18;9-4-5-2-1-3-6-7(5)13-8(10,11)12-6;1-7-5-3-2-4-6-7;2-1-4-3;;;;/h3-10,17,20H,11-16,18-19H2,1-2H3;2-9,16,19H,10-15,17-18H2,1H3,(H,37,38);3-7,14,16H,8-13,15H2,1-2H3,(H,25,28);1-3H,4H2;2-6H,1H3;3H;;;;1H2/q;;;;;-1;;2*+1;/p-1. The summed E-state index contributed by atoms with van der Waals surface area (Å²) < 4.78 is 150. The van der Waals surface area contributed by atoms with Gasteiger partial charge in [0, 0.05) is 138 Å². The van der Waals surface area contributed by atoms with E-state index in [2.05, 4.69) is 97.1 Å². The number of para-hydroxylation sites is 3. The maximum absolute atomic E-state index is 13.5. The van der Waals surface area contributed by atoms with Gasteiger partial charge in [0.05, 0.1) is 103 Å². The molecule has 6 aliphatic heterocycles. The number of pyridine rings is 3. The van der Waals surface area contributed by atoms with Crippen LogP contribution in [-0.2, 0) is 136 Å². The molecule has 0 amide bonds.